The maximum Gasteiger partial charge on any atom is 0.229 e. The van der Waals surface area contributed by atoms with Crippen LogP contribution in [0.2, 0.25) is 0 Å². The van der Waals surface area contributed by atoms with E-state index in [4.69, 9.17) is 9.97 Å². The summed E-state index contributed by atoms with van der Waals surface area (Å²) in [6.45, 7) is 1.94. The third kappa shape index (κ3) is 2.65. The van der Waals surface area contributed by atoms with Crippen LogP contribution < -0.4 is 4.90 Å². The van der Waals surface area contributed by atoms with E-state index in [-0.39, 0.29) is 12.3 Å². The quantitative estimate of drug-likeness (QED) is 0.847. The number of rotatable bonds is 4. The van der Waals surface area contributed by atoms with Crippen molar-refractivity contribution in [2.24, 2.45) is 0 Å². The van der Waals surface area contributed by atoms with E-state index < -0.39 is 0 Å². The fraction of sp³-hybridized carbons (Fsp3) is 0.588. The molecule has 6 nitrogen and oxygen atoms in total. The Bertz CT molecular complexity index is 811. The van der Waals surface area contributed by atoms with Gasteiger partial charge in [-0.3, -0.25) is 9.69 Å². The molecule has 1 aliphatic carbocycles. The van der Waals surface area contributed by atoms with Gasteiger partial charge < -0.3 is 9.80 Å². The summed E-state index contributed by atoms with van der Waals surface area (Å²) < 4.78 is 0. The molecule has 1 aliphatic heterocycles. The van der Waals surface area contributed by atoms with Crippen LogP contribution in [-0.4, -0.2) is 59.9 Å². The molecule has 0 saturated heterocycles. The molecular formula is C17H23N5OS. The Morgan fingerprint density at radius 2 is 2.00 bits per heavy atom. The van der Waals surface area contributed by atoms with Crippen molar-refractivity contribution in [1.82, 2.24) is 19.8 Å². The summed E-state index contributed by atoms with van der Waals surface area (Å²) in [4.78, 5) is 30.3. The van der Waals surface area contributed by atoms with Crippen LogP contribution in [-0.2, 0) is 24.3 Å². The summed E-state index contributed by atoms with van der Waals surface area (Å²) in [6.07, 6.45) is 2.71. The van der Waals surface area contributed by atoms with Crippen LogP contribution in [0.3, 0.4) is 0 Å². The number of hydrogen-bond donors (Lipinski definition) is 0. The summed E-state index contributed by atoms with van der Waals surface area (Å²) in [5.74, 6) is 1.69. The molecule has 0 aromatic carbocycles. The van der Waals surface area contributed by atoms with Crippen molar-refractivity contribution < 1.29 is 4.79 Å². The van der Waals surface area contributed by atoms with Crippen LogP contribution in [0.1, 0.15) is 29.1 Å². The normalized spacial score (nSPS) is 17.3. The minimum atomic E-state index is 0.0400. The molecule has 0 spiro atoms. The molecule has 1 saturated carbocycles. The molecular weight excluding hydrogens is 322 g/mol. The molecule has 0 atom stereocenters. The van der Waals surface area contributed by atoms with Gasteiger partial charge in [0.05, 0.1) is 11.8 Å². The molecule has 3 heterocycles. The van der Waals surface area contributed by atoms with Crippen molar-refractivity contribution >= 4 is 33.3 Å². The number of amides is 1. The van der Waals surface area contributed by atoms with Crippen LogP contribution in [0.5, 0.6) is 0 Å². The second kappa shape index (κ2) is 5.67. The highest BCUT2D eigenvalue weighted by atomic mass is 32.1. The molecule has 24 heavy (non-hydrogen) atoms. The molecule has 0 N–H and O–H groups in total. The number of nitrogens with zero attached hydrogens (tertiary/aromatic N) is 5. The molecule has 1 fully saturated rings. The monoisotopic (exact) mass is 345 g/mol. The van der Waals surface area contributed by atoms with Gasteiger partial charge in [0, 0.05) is 45.2 Å². The zero-order chi connectivity index (χ0) is 17.0. The lowest BCUT2D eigenvalue weighted by atomic mass is 10.2. The Morgan fingerprint density at radius 3 is 2.67 bits per heavy atom. The first-order valence-electron chi connectivity index (χ1n) is 8.36. The first kappa shape index (κ1) is 15.8. The number of carbonyl (C=O) groups excluding carboxylic acids is 1. The lowest BCUT2D eigenvalue weighted by Gasteiger charge is -2.20. The number of carbonyl (C=O) groups is 1. The number of likely N-dealkylation sites (N-methyl/N-ethyl adjacent to an activating group) is 1. The first-order valence-corrected chi connectivity index (χ1v) is 9.18. The average molecular weight is 345 g/mol. The Kier molecular flexibility index (Phi) is 3.73. The topological polar surface area (TPSA) is 52.6 Å². The molecule has 2 aromatic rings. The molecule has 4 rings (SSSR count). The predicted molar refractivity (Wildman–Crippen MR) is 96.4 cm³/mol. The first-order chi connectivity index (χ1) is 11.4. The third-order valence-corrected chi connectivity index (χ3v) is 5.95. The highest BCUT2D eigenvalue weighted by Gasteiger charge is 2.32. The smallest absolute Gasteiger partial charge is 0.229 e. The van der Waals surface area contributed by atoms with E-state index in [0.29, 0.717) is 11.9 Å². The van der Waals surface area contributed by atoms with E-state index in [1.165, 1.54) is 28.7 Å². The lowest BCUT2D eigenvalue weighted by Crippen LogP contribution is -2.26. The third-order valence-electron chi connectivity index (χ3n) is 4.84. The molecule has 1 amide bonds. The van der Waals surface area contributed by atoms with Crippen LogP contribution in [0.4, 0.5) is 5.82 Å². The maximum atomic E-state index is 12.1. The largest absolute Gasteiger partial charge is 0.356 e. The second-order valence-electron chi connectivity index (χ2n) is 7.13. The number of fused-ring (bicyclic) bond motifs is 3. The molecule has 0 unspecified atom stereocenters. The van der Waals surface area contributed by atoms with E-state index in [9.17, 15) is 4.79 Å². The highest BCUT2D eigenvalue weighted by Crippen LogP contribution is 2.42. The van der Waals surface area contributed by atoms with E-state index in [0.717, 1.165) is 23.7 Å². The second-order valence-corrected chi connectivity index (χ2v) is 8.21. The Labute approximate surface area is 146 Å². The van der Waals surface area contributed by atoms with Crippen molar-refractivity contribution in [3.05, 3.63) is 16.3 Å². The predicted octanol–water partition coefficient (Wildman–Crippen LogP) is 1.87. The summed E-state index contributed by atoms with van der Waals surface area (Å²) in [7, 11) is 7.81. The van der Waals surface area contributed by atoms with Crippen molar-refractivity contribution in [2.45, 2.75) is 38.4 Å². The van der Waals surface area contributed by atoms with E-state index >= 15 is 0 Å². The number of anilines is 1. The van der Waals surface area contributed by atoms with Crippen molar-refractivity contribution in [3.63, 3.8) is 0 Å². The van der Waals surface area contributed by atoms with Crippen LogP contribution in [0.15, 0.2) is 0 Å². The van der Waals surface area contributed by atoms with Gasteiger partial charge >= 0.3 is 0 Å². The van der Waals surface area contributed by atoms with Gasteiger partial charge in [0.2, 0.25) is 5.91 Å². The molecule has 128 valence electrons. The molecule has 0 radical (unpaired) electrons. The molecule has 0 bridgehead atoms. The van der Waals surface area contributed by atoms with Crippen LogP contribution >= 0.6 is 11.3 Å². The van der Waals surface area contributed by atoms with Gasteiger partial charge in [0.25, 0.3) is 0 Å². The Morgan fingerprint density at radius 1 is 1.25 bits per heavy atom. The minimum Gasteiger partial charge on any atom is -0.356 e. The van der Waals surface area contributed by atoms with Gasteiger partial charge in [-0.2, -0.15) is 0 Å². The summed E-state index contributed by atoms with van der Waals surface area (Å²) in [5, 5.41) is 1.20. The van der Waals surface area contributed by atoms with E-state index in [1.807, 2.05) is 0 Å². The minimum absolute atomic E-state index is 0.0400. The van der Waals surface area contributed by atoms with Crippen molar-refractivity contribution in [1.29, 1.82) is 0 Å². The summed E-state index contributed by atoms with van der Waals surface area (Å²) in [6, 6.07) is 0.579. The van der Waals surface area contributed by atoms with Gasteiger partial charge in [-0.25, -0.2) is 9.97 Å². The van der Waals surface area contributed by atoms with Gasteiger partial charge in [0.1, 0.15) is 16.5 Å². The van der Waals surface area contributed by atoms with Gasteiger partial charge in [-0.15, -0.1) is 11.3 Å². The molecule has 2 aromatic heterocycles. The molecule has 2 aliphatic rings. The fourth-order valence-corrected chi connectivity index (χ4v) is 4.53. The SMILES string of the molecule is CN1Cc2sc3nc(CC(=O)N(C)C)nc(N(C)C4CC4)c3c2C1. The number of hydrogen-bond acceptors (Lipinski definition) is 6. The Hall–Kier alpha value is -1.73. The summed E-state index contributed by atoms with van der Waals surface area (Å²) >= 11 is 1.76. The maximum absolute atomic E-state index is 12.1. The number of thiophene rings is 1. The fourth-order valence-electron chi connectivity index (χ4n) is 3.26. The molecule has 7 heteroatoms. The lowest BCUT2D eigenvalue weighted by molar-refractivity contribution is -0.128. The van der Waals surface area contributed by atoms with E-state index in [1.54, 1.807) is 30.3 Å². The van der Waals surface area contributed by atoms with Gasteiger partial charge in [-0.05, 0) is 25.5 Å². The van der Waals surface area contributed by atoms with Gasteiger partial charge in [0.15, 0.2) is 0 Å². The zero-order valence-electron chi connectivity index (χ0n) is 14.7. The zero-order valence-corrected chi connectivity index (χ0v) is 15.5. The van der Waals surface area contributed by atoms with Crippen LogP contribution in [0.25, 0.3) is 10.2 Å². The average Bonchev–Trinajstić information content (AvgIpc) is 3.23. The highest BCUT2D eigenvalue weighted by molar-refractivity contribution is 7.19. The van der Waals surface area contributed by atoms with E-state index in [2.05, 4.69) is 23.9 Å². The van der Waals surface area contributed by atoms with Gasteiger partial charge in [-0.1, -0.05) is 0 Å². The van der Waals surface area contributed by atoms with Crippen molar-refractivity contribution in [2.75, 3.05) is 33.1 Å². The standard InChI is InChI=1S/C17H23N5OS/c1-20(2)14(23)7-13-18-16(22(4)10-5-6-10)15-11-8-21(3)9-12(11)24-17(15)19-13/h10H,5-9H2,1-4H3. The summed E-state index contributed by atoms with van der Waals surface area (Å²) in [5.41, 5.74) is 1.38. The number of aromatic nitrogens is 2. The van der Waals surface area contributed by atoms with Crippen molar-refractivity contribution in [3.8, 4) is 0 Å². The Balaban J connectivity index is 1.82. The van der Waals surface area contributed by atoms with Crippen LogP contribution in [0, 0.1) is 0 Å².